The number of amidine groups is 2. The zero-order chi connectivity index (χ0) is 41.5. The minimum atomic E-state index is -0.727. The van der Waals surface area contributed by atoms with E-state index in [9.17, 15) is 33.3 Å². The summed E-state index contributed by atoms with van der Waals surface area (Å²) in [5.74, 6) is -2.65. The molecule has 8 nitrogen and oxygen atoms in total. The van der Waals surface area contributed by atoms with Crippen LogP contribution in [0.3, 0.4) is 0 Å². The number of nitrogens with zero attached hydrogens (tertiary/aromatic N) is 7. The molecular weight excluding hydrogens is 717 g/mol. The molecule has 12 heteroatoms. The lowest BCUT2D eigenvalue weighted by molar-refractivity contribution is 0.625. The summed E-state index contributed by atoms with van der Waals surface area (Å²) in [5.41, 5.74) is 2.66. The number of aliphatic imine (C=N–C) groups is 4. The zero-order valence-corrected chi connectivity index (χ0v) is 32.0. The SMILES string of the molecule is C=C(CC(C)=NC(=NC(=C)c1cc(F)cc(C#N)c1)c1cc(F)cc(C#N)c1)N=C(N=C(C)c1cc(F)cc(C2CN2)c1)c1cc(F)cc(C#N)c1.CC.CC. The van der Waals surface area contributed by atoms with E-state index >= 15 is 0 Å². The Kier molecular flexibility index (Phi) is 16.0. The van der Waals surface area contributed by atoms with Gasteiger partial charge >= 0.3 is 0 Å². The van der Waals surface area contributed by atoms with Gasteiger partial charge in [-0.25, -0.2) is 37.5 Å². The Balaban J connectivity index is 0.00000204. The highest BCUT2D eigenvalue weighted by atomic mass is 19.1. The van der Waals surface area contributed by atoms with E-state index in [0.717, 1.165) is 48.5 Å². The summed E-state index contributed by atoms with van der Waals surface area (Å²) in [6, 6.07) is 21.0. The van der Waals surface area contributed by atoms with E-state index in [0.29, 0.717) is 17.0 Å². The second-order valence-corrected chi connectivity index (χ2v) is 11.9. The van der Waals surface area contributed by atoms with Crippen LogP contribution in [-0.2, 0) is 0 Å². The Morgan fingerprint density at radius 1 is 0.607 bits per heavy atom. The maximum Gasteiger partial charge on any atom is 0.159 e. The maximum atomic E-state index is 14.6. The van der Waals surface area contributed by atoms with Crippen LogP contribution in [0.2, 0.25) is 0 Å². The van der Waals surface area contributed by atoms with Crippen molar-refractivity contribution < 1.29 is 17.6 Å². The molecule has 0 radical (unpaired) electrons. The predicted octanol–water partition coefficient (Wildman–Crippen LogP) is 10.3. The number of hydrogen-bond donors (Lipinski definition) is 1. The molecule has 0 aromatic heterocycles. The molecule has 1 atom stereocenters. The van der Waals surface area contributed by atoms with Crippen molar-refractivity contribution in [1.82, 2.24) is 5.32 Å². The van der Waals surface area contributed by atoms with Crippen molar-refractivity contribution in [1.29, 1.82) is 15.8 Å². The quantitative estimate of drug-likeness (QED) is 0.0785. The molecule has 1 heterocycles. The van der Waals surface area contributed by atoms with Gasteiger partial charge in [0.15, 0.2) is 11.7 Å². The number of benzene rings is 4. The van der Waals surface area contributed by atoms with Crippen molar-refractivity contribution in [3.8, 4) is 18.2 Å². The first-order chi connectivity index (χ1) is 26.8. The maximum absolute atomic E-state index is 14.6. The Labute approximate surface area is 324 Å². The van der Waals surface area contributed by atoms with Gasteiger partial charge < -0.3 is 5.32 Å². The minimum absolute atomic E-state index is 0.00351. The summed E-state index contributed by atoms with van der Waals surface area (Å²) in [4.78, 5) is 18.2. The molecule has 4 aromatic rings. The first-order valence-corrected chi connectivity index (χ1v) is 17.6. The summed E-state index contributed by atoms with van der Waals surface area (Å²) in [7, 11) is 0. The van der Waals surface area contributed by atoms with Gasteiger partial charge in [0.05, 0.1) is 40.6 Å². The summed E-state index contributed by atoms with van der Waals surface area (Å²) in [5, 5.41) is 31.4. The standard InChI is InChI=1S/C40H28F4N8.2C2H6/c1-22(49-39(32-7-27(19-46)10-35(42)16-32)51-24(3)29-6-26(18-45)9-34(41)13-29)5-23(2)50-40(33-8-28(20-47)11-36(43)17-33)52-25(4)30-12-31(38-21-48-38)15-37(44)14-30;2*1-2/h6-17,38,48H,2-3,5,21H2,1,4H3;2*1-2H3. The molecule has 0 amide bonds. The van der Waals surface area contributed by atoms with Gasteiger partial charge in [-0.15, -0.1) is 0 Å². The second-order valence-electron chi connectivity index (χ2n) is 11.9. The number of rotatable bonds is 9. The fourth-order valence-electron chi connectivity index (χ4n) is 5.13. The van der Waals surface area contributed by atoms with Crippen LogP contribution in [0.15, 0.2) is 112 Å². The molecule has 0 spiro atoms. The van der Waals surface area contributed by atoms with Gasteiger partial charge in [0, 0.05) is 52.8 Å². The molecule has 56 heavy (non-hydrogen) atoms. The predicted molar refractivity (Wildman–Crippen MR) is 214 cm³/mol. The van der Waals surface area contributed by atoms with Crippen LogP contribution >= 0.6 is 0 Å². The third kappa shape index (κ3) is 12.4. The Morgan fingerprint density at radius 3 is 1.52 bits per heavy atom. The second kappa shape index (κ2) is 20.6. The van der Waals surface area contributed by atoms with E-state index < -0.39 is 23.3 Å². The molecule has 0 aliphatic carbocycles. The lowest BCUT2D eigenvalue weighted by Crippen LogP contribution is -2.08. The highest BCUT2D eigenvalue weighted by Crippen LogP contribution is 2.25. The summed E-state index contributed by atoms with van der Waals surface area (Å²) in [6.07, 6.45) is -0.0135. The molecule has 5 rings (SSSR count). The smallest absolute Gasteiger partial charge is 0.159 e. The van der Waals surface area contributed by atoms with Crippen LogP contribution in [0.5, 0.6) is 0 Å². The topological polar surface area (TPSA) is 143 Å². The Bertz CT molecular complexity index is 2380. The molecule has 0 saturated carbocycles. The molecule has 0 bridgehead atoms. The number of hydrogen-bond acceptors (Lipinski definition) is 6. The van der Waals surface area contributed by atoms with Gasteiger partial charge in [-0.05, 0) is 97.8 Å². The molecule has 1 fully saturated rings. The van der Waals surface area contributed by atoms with Crippen molar-refractivity contribution >= 4 is 28.8 Å². The van der Waals surface area contributed by atoms with Crippen LogP contribution in [0, 0.1) is 57.3 Å². The summed E-state index contributed by atoms with van der Waals surface area (Å²) in [6.45, 7) is 19.9. The zero-order valence-electron chi connectivity index (χ0n) is 32.0. The third-order valence-corrected chi connectivity index (χ3v) is 7.61. The van der Waals surface area contributed by atoms with Crippen molar-refractivity contribution in [2.45, 2.75) is 54.0 Å². The summed E-state index contributed by atoms with van der Waals surface area (Å²) >= 11 is 0. The van der Waals surface area contributed by atoms with Crippen LogP contribution in [0.25, 0.3) is 5.70 Å². The van der Waals surface area contributed by atoms with E-state index in [1.54, 1.807) is 19.9 Å². The van der Waals surface area contributed by atoms with E-state index in [1.165, 1.54) is 30.3 Å². The fourth-order valence-corrected chi connectivity index (χ4v) is 5.13. The fraction of sp³-hybridized carbons (Fsp3) is 0.205. The number of halogens is 4. The number of nitriles is 3. The van der Waals surface area contributed by atoms with Gasteiger partial charge in [0.2, 0.25) is 0 Å². The van der Waals surface area contributed by atoms with Gasteiger partial charge in [-0.1, -0.05) is 40.9 Å². The molecule has 1 unspecified atom stereocenters. The first-order valence-electron chi connectivity index (χ1n) is 17.6. The van der Waals surface area contributed by atoms with Gasteiger partial charge in [0.25, 0.3) is 0 Å². The van der Waals surface area contributed by atoms with E-state index in [-0.39, 0.29) is 68.9 Å². The van der Waals surface area contributed by atoms with Crippen molar-refractivity contribution in [3.63, 3.8) is 0 Å². The van der Waals surface area contributed by atoms with Crippen molar-refractivity contribution in [2.24, 2.45) is 20.0 Å². The highest BCUT2D eigenvalue weighted by Gasteiger charge is 2.23. The van der Waals surface area contributed by atoms with Crippen molar-refractivity contribution in [2.75, 3.05) is 6.54 Å². The average Bonchev–Trinajstić information content (AvgIpc) is 4.04. The Hall–Kier alpha value is -6.81. The van der Waals surface area contributed by atoms with E-state index in [1.807, 2.05) is 45.9 Å². The van der Waals surface area contributed by atoms with Crippen molar-refractivity contribution in [3.05, 3.63) is 159 Å². The number of nitrogens with one attached hydrogen (secondary N) is 1. The first kappa shape index (κ1) is 43.6. The monoisotopic (exact) mass is 756 g/mol. The van der Waals surface area contributed by atoms with E-state index in [2.05, 4.69) is 38.4 Å². The normalized spacial score (nSPS) is 13.8. The van der Waals surface area contributed by atoms with Crippen LogP contribution in [0.4, 0.5) is 17.6 Å². The van der Waals surface area contributed by atoms with Crippen LogP contribution in [0.1, 0.15) is 98.5 Å². The molecule has 1 aliphatic rings. The molecular formula is C44H40F4N8. The van der Waals surface area contributed by atoms with Gasteiger partial charge in [0.1, 0.15) is 23.3 Å². The lowest BCUT2D eigenvalue weighted by Gasteiger charge is -2.10. The molecule has 284 valence electrons. The molecule has 1 N–H and O–H groups in total. The molecule has 1 saturated heterocycles. The molecule has 4 aromatic carbocycles. The third-order valence-electron chi connectivity index (χ3n) is 7.61. The average molecular weight is 757 g/mol. The Morgan fingerprint density at radius 2 is 1.04 bits per heavy atom. The lowest BCUT2D eigenvalue weighted by atomic mass is 10.0. The van der Waals surface area contributed by atoms with Crippen LogP contribution < -0.4 is 5.32 Å². The minimum Gasteiger partial charge on any atom is -0.307 e. The van der Waals surface area contributed by atoms with Gasteiger partial charge in [-0.2, -0.15) is 15.8 Å². The van der Waals surface area contributed by atoms with E-state index in [4.69, 9.17) is 0 Å². The molecule has 1 aliphatic heterocycles. The van der Waals surface area contributed by atoms with Gasteiger partial charge in [-0.3, -0.25) is 0 Å². The summed E-state index contributed by atoms with van der Waals surface area (Å²) < 4.78 is 58.0. The van der Waals surface area contributed by atoms with Crippen LogP contribution in [-0.4, -0.2) is 29.6 Å². The number of allylic oxidation sites excluding steroid dienone is 1. The largest absolute Gasteiger partial charge is 0.307 e. The highest BCUT2D eigenvalue weighted by molar-refractivity contribution is 6.12.